The molecule has 3 aromatic rings. The van der Waals surface area contributed by atoms with Crippen molar-refractivity contribution in [1.82, 2.24) is 29.9 Å². The summed E-state index contributed by atoms with van der Waals surface area (Å²) in [4.78, 5) is 35.0. The maximum absolute atomic E-state index is 13.8. The minimum Gasteiger partial charge on any atom is -0.490 e. The van der Waals surface area contributed by atoms with E-state index in [9.17, 15) is 22.8 Å². The van der Waals surface area contributed by atoms with Crippen molar-refractivity contribution in [2.75, 3.05) is 37.6 Å². The van der Waals surface area contributed by atoms with E-state index in [4.69, 9.17) is 4.74 Å². The topological polar surface area (TPSA) is 95.8 Å². The number of carbonyl (C=O) groups excluding carboxylic acids is 2. The highest BCUT2D eigenvalue weighted by Gasteiger charge is 2.47. The van der Waals surface area contributed by atoms with Crippen molar-refractivity contribution in [1.29, 1.82) is 0 Å². The molecule has 41 heavy (non-hydrogen) atoms. The van der Waals surface area contributed by atoms with Crippen molar-refractivity contribution in [3.05, 3.63) is 60.0 Å². The number of benzene rings is 1. The van der Waals surface area contributed by atoms with Crippen molar-refractivity contribution in [2.24, 2.45) is 7.05 Å². The standard InChI is InChI=1S/C28H30F3N7O3/c1-35-16-19(14-34-35)25-13-23(2-3-33-25)41-24-11-22(12-24)38-26(39)17-37(27(38)40)21-9-18(8-20(10-21)28(29,30)31)15-36-6-4-32-5-7-36/h2-3,8-10,13-14,16,22,24,32H,4-7,11-12,15,17H2,1H3. The quantitative estimate of drug-likeness (QED) is 0.437. The highest BCUT2D eigenvalue weighted by Crippen LogP contribution is 2.37. The summed E-state index contributed by atoms with van der Waals surface area (Å²) >= 11 is 0. The number of aryl methyl sites for hydroxylation is 1. The van der Waals surface area contributed by atoms with Gasteiger partial charge >= 0.3 is 12.2 Å². The number of hydrogen-bond acceptors (Lipinski definition) is 7. The third-order valence-corrected chi connectivity index (χ3v) is 7.70. The van der Waals surface area contributed by atoms with Gasteiger partial charge < -0.3 is 10.1 Å². The van der Waals surface area contributed by atoms with Crippen LogP contribution in [0.2, 0.25) is 0 Å². The fraction of sp³-hybridized carbons (Fsp3) is 0.429. The predicted octanol–water partition coefficient (Wildman–Crippen LogP) is 3.28. The molecule has 2 aliphatic heterocycles. The number of ether oxygens (including phenoxy) is 1. The highest BCUT2D eigenvalue weighted by molar-refractivity contribution is 6.12. The zero-order valence-corrected chi connectivity index (χ0v) is 22.5. The van der Waals surface area contributed by atoms with Crippen LogP contribution < -0.4 is 15.0 Å². The molecule has 1 aliphatic carbocycles. The molecule has 6 rings (SSSR count). The number of halogens is 3. The third kappa shape index (κ3) is 5.77. The molecule has 3 amide bonds. The largest absolute Gasteiger partial charge is 0.490 e. The van der Waals surface area contributed by atoms with Gasteiger partial charge in [0.2, 0.25) is 0 Å². The number of alkyl halides is 3. The van der Waals surface area contributed by atoms with Gasteiger partial charge in [-0.05, 0) is 29.8 Å². The zero-order valence-electron chi connectivity index (χ0n) is 22.5. The summed E-state index contributed by atoms with van der Waals surface area (Å²) in [7, 11) is 1.82. The molecule has 10 nitrogen and oxygen atoms in total. The number of aromatic nitrogens is 3. The SMILES string of the molecule is Cn1cc(-c2cc(OC3CC(N4C(=O)CN(c5cc(CN6CCNCC6)cc(C(F)(F)F)c5)C4=O)C3)ccn2)cn1. The van der Waals surface area contributed by atoms with Gasteiger partial charge in [0.15, 0.2) is 0 Å². The average Bonchev–Trinajstić information content (AvgIpc) is 3.48. The number of imide groups is 1. The fourth-order valence-corrected chi connectivity index (χ4v) is 5.52. The average molecular weight is 570 g/mol. The second-order valence-electron chi connectivity index (χ2n) is 10.7. The molecule has 0 bridgehead atoms. The Balaban J connectivity index is 1.13. The maximum atomic E-state index is 13.8. The first-order chi connectivity index (χ1) is 19.6. The molecule has 3 fully saturated rings. The van der Waals surface area contributed by atoms with E-state index in [2.05, 4.69) is 20.3 Å². The summed E-state index contributed by atoms with van der Waals surface area (Å²) in [5.74, 6) is 0.186. The molecule has 0 radical (unpaired) electrons. The number of anilines is 1. The fourth-order valence-electron chi connectivity index (χ4n) is 5.52. The van der Waals surface area contributed by atoms with Gasteiger partial charge in [-0.1, -0.05) is 0 Å². The van der Waals surface area contributed by atoms with Crippen LogP contribution in [0, 0.1) is 0 Å². The smallest absolute Gasteiger partial charge is 0.416 e. The second-order valence-corrected chi connectivity index (χ2v) is 10.7. The van der Waals surface area contributed by atoms with Crippen LogP contribution in [0.15, 0.2) is 48.9 Å². The number of carbonyl (C=O) groups is 2. The lowest BCUT2D eigenvalue weighted by molar-refractivity contribution is -0.137. The number of amides is 3. The molecule has 1 saturated carbocycles. The molecule has 4 heterocycles. The second kappa shape index (κ2) is 10.8. The molecule has 0 spiro atoms. The van der Waals surface area contributed by atoms with Gasteiger partial charge in [0.05, 0.1) is 17.5 Å². The van der Waals surface area contributed by atoms with Crippen LogP contribution >= 0.6 is 0 Å². The van der Waals surface area contributed by atoms with E-state index < -0.39 is 23.7 Å². The number of pyridine rings is 1. The molecule has 2 saturated heterocycles. The van der Waals surface area contributed by atoms with Gasteiger partial charge in [0, 0.05) is 88.4 Å². The zero-order chi connectivity index (χ0) is 28.7. The van der Waals surface area contributed by atoms with Crippen molar-refractivity contribution in [2.45, 2.75) is 37.7 Å². The molecule has 13 heteroatoms. The Morgan fingerprint density at radius 1 is 1.10 bits per heavy atom. The summed E-state index contributed by atoms with van der Waals surface area (Å²) in [5.41, 5.74) is 1.26. The summed E-state index contributed by atoms with van der Waals surface area (Å²) in [6.07, 6.45) is 1.28. The van der Waals surface area contributed by atoms with E-state index in [1.165, 1.54) is 4.90 Å². The number of rotatable bonds is 7. The van der Waals surface area contributed by atoms with E-state index in [0.29, 0.717) is 36.4 Å². The minimum atomic E-state index is -4.58. The van der Waals surface area contributed by atoms with Crippen LogP contribution in [-0.4, -0.2) is 81.4 Å². The normalized spacial score (nSPS) is 21.9. The number of hydrogen-bond donors (Lipinski definition) is 1. The Hall–Kier alpha value is -3.97. The molecule has 1 aromatic carbocycles. The maximum Gasteiger partial charge on any atom is 0.416 e. The molecule has 2 aromatic heterocycles. The number of nitrogens with zero attached hydrogens (tertiary/aromatic N) is 6. The van der Waals surface area contributed by atoms with Crippen molar-refractivity contribution < 1.29 is 27.5 Å². The van der Waals surface area contributed by atoms with Crippen LogP contribution in [0.5, 0.6) is 5.75 Å². The van der Waals surface area contributed by atoms with Gasteiger partial charge in [0.25, 0.3) is 5.91 Å². The van der Waals surface area contributed by atoms with Crippen LogP contribution in [0.1, 0.15) is 24.0 Å². The van der Waals surface area contributed by atoms with Gasteiger partial charge in [-0.3, -0.25) is 29.2 Å². The predicted molar refractivity (Wildman–Crippen MR) is 143 cm³/mol. The molecule has 3 aliphatic rings. The number of piperazine rings is 1. The van der Waals surface area contributed by atoms with E-state index in [1.807, 2.05) is 19.3 Å². The monoisotopic (exact) mass is 569 g/mol. The van der Waals surface area contributed by atoms with Crippen molar-refractivity contribution in [3.8, 4) is 17.0 Å². The summed E-state index contributed by atoms with van der Waals surface area (Å²) in [6.45, 7) is 2.99. The van der Waals surface area contributed by atoms with E-state index in [-0.39, 0.29) is 24.4 Å². The van der Waals surface area contributed by atoms with Gasteiger partial charge in [-0.25, -0.2) is 4.79 Å². The lowest BCUT2D eigenvalue weighted by atomic mass is 9.88. The molecule has 0 unspecified atom stereocenters. The first-order valence-electron chi connectivity index (χ1n) is 13.5. The third-order valence-electron chi connectivity index (χ3n) is 7.70. The van der Waals surface area contributed by atoms with Crippen molar-refractivity contribution >= 4 is 17.6 Å². The van der Waals surface area contributed by atoms with Crippen molar-refractivity contribution in [3.63, 3.8) is 0 Å². The van der Waals surface area contributed by atoms with E-state index in [1.54, 1.807) is 29.2 Å². The molecule has 0 atom stereocenters. The van der Waals surface area contributed by atoms with Crippen LogP contribution in [0.4, 0.5) is 23.7 Å². The molecular formula is C28H30F3N7O3. The minimum absolute atomic E-state index is 0.0812. The van der Waals surface area contributed by atoms with Gasteiger partial charge in [0.1, 0.15) is 18.4 Å². The molecular weight excluding hydrogens is 539 g/mol. The van der Waals surface area contributed by atoms with Crippen LogP contribution in [0.3, 0.4) is 0 Å². The number of urea groups is 1. The summed E-state index contributed by atoms with van der Waals surface area (Å²) in [5, 5.41) is 7.38. The summed E-state index contributed by atoms with van der Waals surface area (Å²) < 4.78 is 49.1. The lowest BCUT2D eigenvalue weighted by Crippen LogP contribution is -2.52. The molecule has 1 N–H and O–H groups in total. The lowest BCUT2D eigenvalue weighted by Gasteiger charge is -2.39. The highest BCUT2D eigenvalue weighted by atomic mass is 19.4. The van der Waals surface area contributed by atoms with Gasteiger partial charge in [-0.15, -0.1) is 0 Å². The molecule has 216 valence electrons. The first kappa shape index (κ1) is 27.2. The van der Waals surface area contributed by atoms with Crippen LogP contribution in [0.25, 0.3) is 11.3 Å². The Bertz CT molecular complexity index is 1450. The van der Waals surface area contributed by atoms with E-state index >= 15 is 0 Å². The number of nitrogens with one attached hydrogen (secondary N) is 1. The Morgan fingerprint density at radius 2 is 1.88 bits per heavy atom. The Labute approximate surface area is 234 Å². The van der Waals surface area contributed by atoms with E-state index in [0.717, 1.165) is 48.8 Å². The Kier molecular flexibility index (Phi) is 7.16. The summed E-state index contributed by atoms with van der Waals surface area (Å²) in [6, 6.07) is 6.23. The van der Waals surface area contributed by atoms with Crippen LogP contribution in [-0.2, 0) is 24.6 Å². The Morgan fingerprint density at radius 3 is 2.59 bits per heavy atom. The van der Waals surface area contributed by atoms with Gasteiger partial charge in [-0.2, -0.15) is 18.3 Å². The first-order valence-corrected chi connectivity index (χ1v) is 13.5.